The van der Waals surface area contributed by atoms with Crippen molar-refractivity contribution in [2.75, 3.05) is 0 Å². The number of aromatic amines is 1. The van der Waals surface area contributed by atoms with Crippen molar-refractivity contribution in [3.05, 3.63) is 27.9 Å². The summed E-state index contributed by atoms with van der Waals surface area (Å²) in [7, 11) is 0. The molecule has 0 bridgehead atoms. The topological polar surface area (TPSA) is 72.3 Å². The maximum atomic E-state index is 6.13. The number of aromatic nitrogens is 6. The highest BCUT2D eigenvalue weighted by Crippen LogP contribution is 2.25. The molecule has 0 amide bonds. The summed E-state index contributed by atoms with van der Waals surface area (Å²) < 4.78 is 1.64. The Labute approximate surface area is 112 Å². The SMILES string of the molecule is Cc1nn(-c2nc(Cl)nc3[nH]ncc23)c(C)c1Cl. The summed E-state index contributed by atoms with van der Waals surface area (Å²) in [5.41, 5.74) is 2.10. The van der Waals surface area contributed by atoms with E-state index in [4.69, 9.17) is 23.2 Å². The monoisotopic (exact) mass is 282 g/mol. The van der Waals surface area contributed by atoms with E-state index in [1.807, 2.05) is 13.8 Å². The molecule has 0 radical (unpaired) electrons. The van der Waals surface area contributed by atoms with Crippen LogP contribution in [-0.2, 0) is 0 Å². The van der Waals surface area contributed by atoms with Gasteiger partial charge in [0.15, 0.2) is 11.5 Å². The van der Waals surface area contributed by atoms with Crippen LogP contribution in [0.15, 0.2) is 6.20 Å². The number of hydrogen-bond donors (Lipinski definition) is 1. The molecule has 1 N–H and O–H groups in total. The van der Waals surface area contributed by atoms with Crippen molar-refractivity contribution >= 4 is 34.2 Å². The van der Waals surface area contributed by atoms with E-state index in [1.165, 1.54) is 0 Å². The van der Waals surface area contributed by atoms with Gasteiger partial charge in [-0.2, -0.15) is 20.2 Å². The number of nitrogens with zero attached hydrogens (tertiary/aromatic N) is 5. The molecular weight excluding hydrogens is 275 g/mol. The molecule has 18 heavy (non-hydrogen) atoms. The van der Waals surface area contributed by atoms with E-state index in [-0.39, 0.29) is 5.28 Å². The minimum absolute atomic E-state index is 0.130. The summed E-state index contributed by atoms with van der Waals surface area (Å²) in [6.45, 7) is 3.70. The Morgan fingerprint density at radius 1 is 1.22 bits per heavy atom. The van der Waals surface area contributed by atoms with Crippen LogP contribution in [0.5, 0.6) is 0 Å². The molecule has 6 nitrogen and oxygen atoms in total. The lowest BCUT2D eigenvalue weighted by Gasteiger charge is -2.04. The van der Waals surface area contributed by atoms with Crippen LogP contribution in [0.25, 0.3) is 16.9 Å². The number of H-pyrrole nitrogens is 1. The standard InChI is InChI=1S/C10H8Cl2N6/c1-4-7(11)5(2)18(17-4)9-6-3-13-16-8(6)14-10(12)15-9/h3H,1-2H3,(H,13,14,15,16). The average Bonchev–Trinajstić information content (AvgIpc) is 2.88. The fourth-order valence-corrected chi connectivity index (χ4v) is 2.07. The van der Waals surface area contributed by atoms with Gasteiger partial charge >= 0.3 is 0 Å². The van der Waals surface area contributed by atoms with E-state index >= 15 is 0 Å². The third-order valence-electron chi connectivity index (χ3n) is 2.67. The lowest BCUT2D eigenvalue weighted by Crippen LogP contribution is -2.03. The van der Waals surface area contributed by atoms with Gasteiger partial charge < -0.3 is 0 Å². The number of rotatable bonds is 1. The second-order valence-electron chi connectivity index (χ2n) is 3.85. The van der Waals surface area contributed by atoms with Gasteiger partial charge in [0.05, 0.1) is 28.0 Å². The number of fused-ring (bicyclic) bond motifs is 1. The van der Waals surface area contributed by atoms with E-state index in [1.54, 1.807) is 10.9 Å². The summed E-state index contributed by atoms with van der Waals surface area (Å²) in [6.07, 6.45) is 1.63. The predicted molar refractivity (Wildman–Crippen MR) is 68.3 cm³/mol. The first kappa shape index (κ1) is 11.4. The summed E-state index contributed by atoms with van der Waals surface area (Å²) in [5.74, 6) is 0.561. The highest BCUT2D eigenvalue weighted by molar-refractivity contribution is 6.31. The van der Waals surface area contributed by atoms with Gasteiger partial charge in [-0.15, -0.1) is 0 Å². The Hall–Kier alpha value is -1.66. The highest BCUT2D eigenvalue weighted by Gasteiger charge is 2.16. The molecule has 3 heterocycles. The third kappa shape index (κ3) is 1.57. The van der Waals surface area contributed by atoms with Crippen LogP contribution in [0, 0.1) is 13.8 Å². The molecule has 92 valence electrons. The van der Waals surface area contributed by atoms with Crippen LogP contribution in [0.1, 0.15) is 11.4 Å². The summed E-state index contributed by atoms with van der Waals surface area (Å²) in [6, 6.07) is 0. The molecule has 3 aromatic rings. The van der Waals surface area contributed by atoms with E-state index in [0.717, 1.165) is 16.8 Å². The molecule has 0 aliphatic heterocycles. The Morgan fingerprint density at radius 3 is 2.67 bits per heavy atom. The summed E-state index contributed by atoms with van der Waals surface area (Å²) in [4.78, 5) is 8.24. The number of hydrogen-bond acceptors (Lipinski definition) is 4. The van der Waals surface area contributed by atoms with Crippen molar-refractivity contribution in [1.29, 1.82) is 0 Å². The van der Waals surface area contributed by atoms with Crippen LogP contribution in [0.3, 0.4) is 0 Å². The molecule has 0 atom stereocenters. The van der Waals surface area contributed by atoms with Crippen molar-refractivity contribution < 1.29 is 0 Å². The van der Waals surface area contributed by atoms with Crippen LogP contribution < -0.4 is 0 Å². The molecule has 0 aliphatic rings. The lowest BCUT2D eigenvalue weighted by molar-refractivity contribution is 0.810. The van der Waals surface area contributed by atoms with Crippen LogP contribution >= 0.6 is 23.2 Å². The first-order valence-electron chi connectivity index (χ1n) is 5.16. The smallest absolute Gasteiger partial charge is 0.226 e. The van der Waals surface area contributed by atoms with Gasteiger partial charge in [-0.05, 0) is 25.4 Å². The first-order chi connectivity index (χ1) is 8.58. The van der Waals surface area contributed by atoms with Crippen molar-refractivity contribution in [3.63, 3.8) is 0 Å². The molecule has 0 saturated heterocycles. The fraction of sp³-hybridized carbons (Fsp3) is 0.200. The minimum Gasteiger partial charge on any atom is -0.261 e. The fourth-order valence-electron chi connectivity index (χ4n) is 1.78. The quantitative estimate of drug-likeness (QED) is 0.696. The number of aryl methyl sites for hydroxylation is 1. The Bertz CT molecular complexity index is 744. The maximum Gasteiger partial charge on any atom is 0.226 e. The maximum absolute atomic E-state index is 6.13. The van der Waals surface area contributed by atoms with Gasteiger partial charge in [-0.25, -0.2) is 4.68 Å². The Balaban J connectivity index is 2.37. The molecule has 8 heteroatoms. The van der Waals surface area contributed by atoms with Crippen LogP contribution in [-0.4, -0.2) is 29.9 Å². The summed E-state index contributed by atoms with van der Waals surface area (Å²) in [5, 5.41) is 12.5. The molecule has 0 saturated carbocycles. The summed E-state index contributed by atoms with van der Waals surface area (Å²) >= 11 is 12.0. The van der Waals surface area contributed by atoms with Gasteiger partial charge in [-0.3, -0.25) is 5.10 Å². The van der Waals surface area contributed by atoms with Crippen molar-refractivity contribution in [2.24, 2.45) is 0 Å². The zero-order valence-corrected chi connectivity index (χ0v) is 11.1. The normalized spacial score (nSPS) is 11.3. The van der Waals surface area contributed by atoms with E-state index in [9.17, 15) is 0 Å². The molecular formula is C10H8Cl2N6. The lowest BCUT2D eigenvalue weighted by atomic mass is 10.3. The first-order valence-corrected chi connectivity index (χ1v) is 5.92. The van der Waals surface area contributed by atoms with E-state index < -0.39 is 0 Å². The predicted octanol–water partition coefficient (Wildman–Crippen LogP) is 2.46. The molecule has 0 aliphatic carbocycles. The van der Waals surface area contributed by atoms with Gasteiger partial charge in [0.1, 0.15) is 0 Å². The Kier molecular flexibility index (Phi) is 2.49. The van der Waals surface area contributed by atoms with Crippen molar-refractivity contribution in [1.82, 2.24) is 29.9 Å². The zero-order chi connectivity index (χ0) is 12.9. The van der Waals surface area contributed by atoms with Gasteiger partial charge in [0.2, 0.25) is 5.28 Å². The number of nitrogens with one attached hydrogen (secondary N) is 1. The molecule has 3 rings (SSSR count). The molecule has 0 fully saturated rings. The van der Waals surface area contributed by atoms with E-state index in [2.05, 4.69) is 25.3 Å². The van der Waals surface area contributed by atoms with Crippen molar-refractivity contribution in [3.8, 4) is 5.82 Å². The van der Waals surface area contributed by atoms with Gasteiger partial charge in [0, 0.05) is 0 Å². The molecule has 3 aromatic heterocycles. The molecule has 0 spiro atoms. The number of halogens is 2. The van der Waals surface area contributed by atoms with Crippen LogP contribution in [0.4, 0.5) is 0 Å². The molecule has 0 aromatic carbocycles. The second-order valence-corrected chi connectivity index (χ2v) is 4.56. The van der Waals surface area contributed by atoms with Gasteiger partial charge in [-0.1, -0.05) is 11.6 Å². The average molecular weight is 283 g/mol. The van der Waals surface area contributed by atoms with Crippen LogP contribution in [0.2, 0.25) is 10.3 Å². The van der Waals surface area contributed by atoms with Gasteiger partial charge in [0.25, 0.3) is 0 Å². The molecule has 0 unspecified atom stereocenters. The largest absolute Gasteiger partial charge is 0.261 e. The Morgan fingerprint density at radius 2 is 2.00 bits per heavy atom. The minimum atomic E-state index is 0.130. The van der Waals surface area contributed by atoms with Crippen molar-refractivity contribution in [2.45, 2.75) is 13.8 Å². The zero-order valence-electron chi connectivity index (χ0n) is 9.57. The highest BCUT2D eigenvalue weighted by atomic mass is 35.5. The second kappa shape index (κ2) is 3.93. The van der Waals surface area contributed by atoms with E-state index in [0.29, 0.717) is 16.5 Å². The third-order valence-corrected chi connectivity index (χ3v) is 3.38.